The van der Waals surface area contributed by atoms with Crippen molar-refractivity contribution < 1.29 is 0 Å². The van der Waals surface area contributed by atoms with E-state index in [1.165, 1.54) is 11.3 Å². The van der Waals surface area contributed by atoms with Gasteiger partial charge < -0.3 is 4.90 Å². The van der Waals surface area contributed by atoms with Gasteiger partial charge in [0, 0.05) is 44.6 Å². The van der Waals surface area contributed by atoms with Crippen LogP contribution in [0, 0.1) is 5.41 Å². The molecule has 1 saturated heterocycles. The first-order valence-electron chi connectivity index (χ1n) is 10.6. The fourth-order valence-corrected chi connectivity index (χ4v) is 4.27. The fraction of sp³-hybridized carbons (Fsp3) is 0.478. The van der Waals surface area contributed by atoms with Gasteiger partial charge in [-0.1, -0.05) is 39.0 Å². The Morgan fingerprint density at radius 3 is 2.52 bits per heavy atom. The van der Waals surface area contributed by atoms with Gasteiger partial charge in [-0.15, -0.1) is 5.10 Å². The van der Waals surface area contributed by atoms with Crippen molar-refractivity contribution in [3.63, 3.8) is 0 Å². The van der Waals surface area contributed by atoms with E-state index < -0.39 is 0 Å². The summed E-state index contributed by atoms with van der Waals surface area (Å²) >= 11 is 0. The van der Waals surface area contributed by atoms with E-state index >= 15 is 0 Å². The zero-order valence-electron chi connectivity index (χ0n) is 17.7. The molecule has 1 aliphatic rings. The van der Waals surface area contributed by atoms with Crippen molar-refractivity contribution in [2.45, 2.75) is 33.7 Å². The predicted octanol–water partition coefficient (Wildman–Crippen LogP) is 2.91. The number of aromatic nitrogens is 3. The molecule has 4 rings (SSSR count). The van der Waals surface area contributed by atoms with E-state index in [9.17, 15) is 4.79 Å². The Bertz CT molecular complexity index is 1030. The molecule has 0 amide bonds. The minimum absolute atomic E-state index is 0.0357. The number of benzene rings is 1. The third kappa shape index (κ3) is 4.37. The van der Waals surface area contributed by atoms with Crippen LogP contribution >= 0.6 is 0 Å². The third-order valence-electron chi connectivity index (χ3n) is 5.77. The Hall–Kier alpha value is -2.60. The SMILES string of the molecule is CCc1cccc(N2CCN(CC(C)(C)Cn3nc4ccccn4c3=O)CC2)c1. The number of hydrogen-bond donors (Lipinski definition) is 0. The Balaban J connectivity index is 1.37. The number of fused-ring (bicyclic) bond motifs is 1. The topological polar surface area (TPSA) is 45.8 Å². The van der Waals surface area contributed by atoms with Crippen LogP contribution in [0.1, 0.15) is 26.3 Å². The van der Waals surface area contributed by atoms with E-state index in [0.717, 1.165) is 39.1 Å². The lowest BCUT2D eigenvalue weighted by Crippen LogP contribution is -2.50. The maximum atomic E-state index is 12.6. The first-order chi connectivity index (χ1) is 13.9. The molecule has 0 radical (unpaired) electrons. The van der Waals surface area contributed by atoms with Crippen molar-refractivity contribution in [1.82, 2.24) is 19.1 Å². The molecule has 0 N–H and O–H groups in total. The molecule has 29 heavy (non-hydrogen) atoms. The summed E-state index contributed by atoms with van der Waals surface area (Å²) in [5.74, 6) is 0. The second-order valence-corrected chi connectivity index (χ2v) is 8.82. The van der Waals surface area contributed by atoms with Crippen LogP contribution in [0.25, 0.3) is 5.65 Å². The van der Waals surface area contributed by atoms with Crippen molar-refractivity contribution in [3.05, 3.63) is 64.7 Å². The summed E-state index contributed by atoms with van der Waals surface area (Å²) in [4.78, 5) is 17.6. The summed E-state index contributed by atoms with van der Waals surface area (Å²) in [6.45, 7) is 12.4. The lowest BCUT2D eigenvalue weighted by atomic mass is 9.92. The van der Waals surface area contributed by atoms with Crippen LogP contribution in [0.3, 0.4) is 0 Å². The molecule has 3 heterocycles. The van der Waals surface area contributed by atoms with E-state index in [-0.39, 0.29) is 11.1 Å². The lowest BCUT2D eigenvalue weighted by molar-refractivity contribution is 0.148. The van der Waals surface area contributed by atoms with Gasteiger partial charge in [0.15, 0.2) is 5.65 Å². The maximum Gasteiger partial charge on any atom is 0.350 e. The van der Waals surface area contributed by atoms with Crippen molar-refractivity contribution in [2.24, 2.45) is 5.41 Å². The number of nitrogens with zero attached hydrogens (tertiary/aromatic N) is 5. The second-order valence-electron chi connectivity index (χ2n) is 8.82. The first-order valence-corrected chi connectivity index (χ1v) is 10.6. The Labute approximate surface area is 172 Å². The van der Waals surface area contributed by atoms with Crippen molar-refractivity contribution in [3.8, 4) is 0 Å². The number of aryl methyl sites for hydroxylation is 1. The average Bonchev–Trinajstić information content (AvgIpc) is 3.03. The van der Waals surface area contributed by atoms with Gasteiger partial charge in [0.2, 0.25) is 0 Å². The van der Waals surface area contributed by atoms with Gasteiger partial charge in [-0.3, -0.25) is 9.30 Å². The molecule has 154 valence electrons. The molecule has 0 unspecified atom stereocenters. The van der Waals surface area contributed by atoms with Crippen molar-refractivity contribution >= 4 is 11.3 Å². The van der Waals surface area contributed by atoms with Gasteiger partial charge in [-0.2, -0.15) is 0 Å². The van der Waals surface area contributed by atoms with Gasteiger partial charge in [0.05, 0.1) is 6.54 Å². The quantitative estimate of drug-likeness (QED) is 0.646. The molecule has 0 atom stereocenters. The van der Waals surface area contributed by atoms with Gasteiger partial charge in [-0.25, -0.2) is 9.48 Å². The number of piperazine rings is 1. The van der Waals surface area contributed by atoms with Crippen LogP contribution in [0.15, 0.2) is 53.5 Å². The number of rotatable bonds is 6. The highest BCUT2D eigenvalue weighted by Crippen LogP contribution is 2.23. The smallest absolute Gasteiger partial charge is 0.350 e. The molecule has 0 spiro atoms. The highest BCUT2D eigenvalue weighted by Gasteiger charge is 2.27. The summed E-state index contributed by atoms with van der Waals surface area (Å²) in [7, 11) is 0. The van der Waals surface area contributed by atoms with E-state index in [2.05, 4.69) is 59.9 Å². The normalized spacial score (nSPS) is 15.9. The van der Waals surface area contributed by atoms with Gasteiger partial charge >= 0.3 is 5.69 Å². The van der Waals surface area contributed by atoms with E-state index in [4.69, 9.17) is 0 Å². The van der Waals surface area contributed by atoms with Crippen LogP contribution < -0.4 is 10.6 Å². The number of pyridine rings is 1. The summed E-state index contributed by atoms with van der Waals surface area (Å²) in [6, 6.07) is 14.5. The predicted molar refractivity (Wildman–Crippen MR) is 118 cm³/mol. The third-order valence-corrected chi connectivity index (χ3v) is 5.77. The molecule has 6 heteroatoms. The molecule has 0 aliphatic carbocycles. The van der Waals surface area contributed by atoms with E-state index in [1.807, 2.05) is 18.2 Å². The largest absolute Gasteiger partial charge is 0.369 e. The van der Waals surface area contributed by atoms with Crippen LogP contribution in [-0.2, 0) is 13.0 Å². The van der Waals surface area contributed by atoms with Crippen LogP contribution in [0.2, 0.25) is 0 Å². The van der Waals surface area contributed by atoms with Gasteiger partial charge in [0.25, 0.3) is 0 Å². The molecule has 3 aromatic rings. The first kappa shape index (κ1) is 19.7. The highest BCUT2D eigenvalue weighted by atomic mass is 16.2. The van der Waals surface area contributed by atoms with E-state index in [0.29, 0.717) is 12.2 Å². The number of anilines is 1. The zero-order chi connectivity index (χ0) is 20.4. The zero-order valence-corrected chi connectivity index (χ0v) is 17.7. The molecule has 6 nitrogen and oxygen atoms in total. The highest BCUT2D eigenvalue weighted by molar-refractivity contribution is 5.49. The van der Waals surface area contributed by atoms with Crippen LogP contribution in [-0.4, -0.2) is 51.8 Å². The molecular formula is C23H31N5O. The lowest BCUT2D eigenvalue weighted by Gasteiger charge is -2.39. The number of hydrogen-bond acceptors (Lipinski definition) is 4. The Morgan fingerprint density at radius 1 is 1.00 bits per heavy atom. The Kier molecular flexibility index (Phi) is 5.46. The Morgan fingerprint density at radius 2 is 1.79 bits per heavy atom. The molecule has 1 aromatic carbocycles. The maximum absolute atomic E-state index is 12.6. The van der Waals surface area contributed by atoms with E-state index in [1.54, 1.807) is 15.3 Å². The van der Waals surface area contributed by atoms with Gasteiger partial charge in [0.1, 0.15) is 0 Å². The summed E-state index contributed by atoms with van der Waals surface area (Å²) < 4.78 is 3.22. The monoisotopic (exact) mass is 393 g/mol. The van der Waals surface area contributed by atoms with Gasteiger partial charge in [-0.05, 0) is 41.7 Å². The van der Waals surface area contributed by atoms with Crippen molar-refractivity contribution in [2.75, 3.05) is 37.6 Å². The molecule has 0 bridgehead atoms. The minimum atomic E-state index is -0.0608. The van der Waals surface area contributed by atoms with Crippen molar-refractivity contribution in [1.29, 1.82) is 0 Å². The molecular weight excluding hydrogens is 362 g/mol. The molecule has 2 aromatic heterocycles. The van der Waals surface area contributed by atoms with Crippen LogP contribution in [0.5, 0.6) is 0 Å². The second kappa shape index (κ2) is 8.03. The summed E-state index contributed by atoms with van der Waals surface area (Å²) in [5.41, 5.74) is 3.33. The molecule has 0 saturated carbocycles. The molecule has 1 aliphatic heterocycles. The summed E-state index contributed by atoms with van der Waals surface area (Å²) in [6.07, 6.45) is 2.85. The molecule has 1 fully saturated rings. The average molecular weight is 394 g/mol. The fourth-order valence-electron chi connectivity index (χ4n) is 4.27. The van der Waals surface area contributed by atoms with Crippen LogP contribution in [0.4, 0.5) is 5.69 Å². The minimum Gasteiger partial charge on any atom is -0.369 e. The summed E-state index contributed by atoms with van der Waals surface area (Å²) in [5, 5.41) is 4.50. The standard InChI is InChI=1S/C23H31N5O/c1-4-19-8-7-9-20(16-19)26-14-12-25(13-15-26)17-23(2,3)18-28-22(29)27-11-6-5-10-21(27)24-28/h5-11,16H,4,12-15,17-18H2,1-3H3.